The largest absolute Gasteiger partial charge is 0.0881 e. The van der Waals surface area contributed by atoms with E-state index in [1.807, 2.05) is 0 Å². The molecule has 0 saturated heterocycles. The third kappa shape index (κ3) is 1.55. The van der Waals surface area contributed by atoms with E-state index in [2.05, 4.69) is 33.8 Å². The fourth-order valence-electron chi connectivity index (χ4n) is 3.00. The van der Waals surface area contributed by atoms with Gasteiger partial charge in [0.1, 0.15) is 0 Å². The lowest BCUT2D eigenvalue weighted by molar-refractivity contribution is 0.579. The summed E-state index contributed by atoms with van der Waals surface area (Å²) in [6, 6.07) is 0. The van der Waals surface area contributed by atoms with Gasteiger partial charge in [0, 0.05) is 5.92 Å². The molecule has 0 radical (unpaired) electrons. The highest BCUT2D eigenvalue weighted by atomic mass is 14.5. The maximum atomic E-state index is 2.43. The van der Waals surface area contributed by atoms with Gasteiger partial charge in [-0.05, 0) is 38.5 Å². The van der Waals surface area contributed by atoms with Gasteiger partial charge >= 0.3 is 0 Å². The molecule has 14 heavy (non-hydrogen) atoms. The molecule has 0 heteroatoms. The van der Waals surface area contributed by atoms with Crippen LogP contribution in [0.3, 0.4) is 0 Å². The van der Waals surface area contributed by atoms with Crippen molar-refractivity contribution in [1.29, 1.82) is 0 Å². The first-order valence-electron chi connectivity index (χ1n) is 6.06. The molecule has 2 rings (SSSR count). The Morgan fingerprint density at radius 2 is 2.21 bits per heavy atom. The first kappa shape index (κ1) is 10.0. The van der Waals surface area contributed by atoms with Crippen molar-refractivity contribution >= 4 is 0 Å². The van der Waals surface area contributed by atoms with Crippen molar-refractivity contribution < 1.29 is 0 Å². The van der Waals surface area contributed by atoms with E-state index in [1.54, 1.807) is 16.7 Å². The van der Waals surface area contributed by atoms with Crippen LogP contribution in [0.1, 0.15) is 47.0 Å². The minimum atomic E-state index is 0.845. The highest BCUT2D eigenvalue weighted by molar-refractivity contribution is 5.44. The average Bonchev–Trinajstić information content (AvgIpc) is 3.04. The fourth-order valence-corrected chi connectivity index (χ4v) is 3.00. The van der Waals surface area contributed by atoms with E-state index < -0.39 is 0 Å². The minimum absolute atomic E-state index is 0.845. The molecule has 2 aliphatic rings. The van der Waals surface area contributed by atoms with Crippen LogP contribution in [0, 0.1) is 17.8 Å². The SMILES string of the molecule is CC=C1CC1C(C)C1=C(C)C1CCC. The minimum Gasteiger partial charge on any atom is -0.0881 e. The van der Waals surface area contributed by atoms with Crippen molar-refractivity contribution in [2.24, 2.45) is 17.8 Å². The average molecular weight is 190 g/mol. The van der Waals surface area contributed by atoms with Gasteiger partial charge in [0.25, 0.3) is 0 Å². The van der Waals surface area contributed by atoms with Crippen molar-refractivity contribution in [3.63, 3.8) is 0 Å². The summed E-state index contributed by atoms with van der Waals surface area (Å²) in [4.78, 5) is 0. The van der Waals surface area contributed by atoms with E-state index >= 15 is 0 Å². The highest BCUT2D eigenvalue weighted by Crippen LogP contribution is 2.55. The Bertz CT molecular complexity index is 293. The molecule has 3 unspecified atom stereocenters. The van der Waals surface area contributed by atoms with Crippen LogP contribution in [-0.4, -0.2) is 0 Å². The molecule has 0 aromatic carbocycles. The predicted octanol–water partition coefficient (Wildman–Crippen LogP) is 4.34. The summed E-state index contributed by atoms with van der Waals surface area (Å²) >= 11 is 0. The van der Waals surface area contributed by atoms with Crippen LogP contribution < -0.4 is 0 Å². The summed E-state index contributed by atoms with van der Waals surface area (Å²) < 4.78 is 0. The number of hydrogen-bond acceptors (Lipinski definition) is 0. The van der Waals surface area contributed by atoms with Gasteiger partial charge in [-0.25, -0.2) is 0 Å². The predicted molar refractivity (Wildman–Crippen MR) is 62.1 cm³/mol. The zero-order valence-electron chi connectivity index (χ0n) is 9.93. The van der Waals surface area contributed by atoms with Crippen LogP contribution in [-0.2, 0) is 0 Å². The second-order valence-corrected chi connectivity index (χ2v) is 4.94. The molecule has 2 aliphatic carbocycles. The summed E-state index contributed by atoms with van der Waals surface area (Å²) in [5.41, 5.74) is 5.20. The van der Waals surface area contributed by atoms with Gasteiger partial charge in [-0.3, -0.25) is 0 Å². The number of hydrogen-bond donors (Lipinski definition) is 0. The van der Waals surface area contributed by atoms with E-state index in [1.165, 1.54) is 19.3 Å². The molecule has 0 spiro atoms. The van der Waals surface area contributed by atoms with Crippen LogP contribution in [0.25, 0.3) is 0 Å². The number of rotatable bonds is 4. The third-order valence-electron chi connectivity index (χ3n) is 4.08. The van der Waals surface area contributed by atoms with Crippen molar-refractivity contribution in [3.05, 3.63) is 22.8 Å². The first-order valence-corrected chi connectivity index (χ1v) is 6.06. The lowest BCUT2D eigenvalue weighted by Gasteiger charge is -2.06. The van der Waals surface area contributed by atoms with Gasteiger partial charge in [-0.15, -0.1) is 0 Å². The van der Waals surface area contributed by atoms with Crippen molar-refractivity contribution in [3.8, 4) is 0 Å². The standard InChI is InChI=1S/C14H22/c1-5-7-12-9(3)14(12)10(4)13-8-11(13)6-2/h6,10,12-13H,5,7-8H2,1-4H3. The molecule has 3 atom stereocenters. The molecule has 0 bridgehead atoms. The molecular formula is C14H22. The smallest absolute Gasteiger partial charge is 0.00128 e. The summed E-state index contributed by atoms with van der Waals surface area (Å²) in [6.45, 7) is 9.24. The lowest BCUT2D eigenvalue weighted by Crippen LogP contribution is -1.97. The molecule has 0 aromatic rings. The Balaban J connectivity index is 1.92. The van der Waals surface area contributed by atoms with Gasteiger partial charge < -0.3 is 0 Å². The molecular weight excluding hydrogens is 168 g/mol. The molecule has 78 valence electrons. The molecule has 0 nitrogen and oxygen atoms in total. The zero-order valence-corrected chi connectivity index (χ0v) is 9.93. The van der Waals surface area contributed by atoms with E-state index in [9.17, 15) is 0 Å². The molecule has 0 N–H and O–H groups in total. The van der Waals surface area contributed by atoms with E-state index in [-0.39, 0.29) is 0 Å². The van der Waals surface area contributed by atoms with Crippen LogP contribution in [0.4, 0.5) is 0 Å². The van der Waals surface area contributed by atoms with Gasteiger partial charge in [0.05, 0.1) is 0 Å². The quantitative estimate of drug-likeness (QED) is 0.579. The molecule has 0 aliphatic heterocycles. The molecule has 1 saturated carbocycles. The van der Waals surface area contributed by atoms with Crippen LogP contribution in [0.2, 0.25) is 0 Å². The topological polar surface area (TPSA) is 0 Å². The maximum absolute atomic E-state index is 2.43. The molecule has 0 heterocycles. The summed E-state index contributed by atoms with van der Waals surface area (Å²) in [7, 11) is 0. The third-order valence-corrected chi connectivity index (χ3v) is 4.08. The van der Waals surface area contributed by atoms with E-state index in [4.69, 9.17) is 0 Å². The van der Waals surface area contributed by atoms with Gasteiger partial charge in [-0.1, -0.05) is 43.1 Å². The Morgan fingerprint density at radius 1 is 1.50 bits per heavy atom. The fraction of sp³-hybridized carbons (Fsp3) is 0.714. The lowest BCUT2D eigenvalue weighted by atomic mass is 9.98. The maximum Gasteiger partial charge on any atom is 0.00128 e. The normalized spacial score (nSPS) is 35.0. The zero-order chi connectivity index (χ0) is 10.3. The van der Waals surface area contributed by atoms with Crippen molar-refractivity contribution in [1.82, 2.24) is 0 Å². The van der Waals surface area contributed by atoms with Gasteiger partial charge in [0.15, 0.2) is 0 Å². The highest BCUT2D eigenvalue weighted by Gasteiger charge is 2.43. The Morgan fingerprint density at radius 3 is 2.71 bits per heavy atom. The number of allylic oxidation sites excluding steroid dienone is 4. The van der Waals surface area contributed by atoms with Crippen LogP contribution in [0.15, 0.2) is 22.8 Å². The van der Waals surface area contributed by atoms with E-state index in [0.29, 0.717) is 0 Å². The summed E-state index contributed by atoms with van der Waals surface area (Å²) in [5.74, 6) is 2.65. The van der Waals surface area contributed by atoms with E-state index in [0.717, 1.165) is 17.8 Å². The molecule has 0 aromatic heterocycles. The summed E-state index contributed by atoms with van der Waals surface area (Å²) in [5, 5.41) is 0. The summed E-state index contributed by atoms with van der Waals surface area (Å²) in [6.07, 6.45) is 6.41. The Labute approximate surface area is 88.1 Å². The van der Waals surface area contributed by atoms with Crippen molar-refractivity contribution in [2.75, 3.05) is 0 Å². The molecule has 1 fully saturated rings. The van der Waals surface area contributed by atoms with Gasteiger partial charge in [-0.2, -0.15) is 0 Å². The Kier molecular flexibility index (Phi) is 2.55. The second kappa shape index (κ2) is 3.56. The first-order chi connectivity index (χ1) is 6.70. The second-order valence-electron chi connectivity index (χ2n) is 4.94. The van der Waals surface area contributed by atoms with Gasteiger partial charge in [0.2, 0.25) is 0 Å². The van der Waals surface area contributed by atoms with Crippen molar-refractivity contribution in [2.45, 2.75) is 47.0 Å². The van der Waals surface area contributed by atoms with Crippen LogP contribution in [0.5, 0.6) is 0 Å². The Hall–Kier alpha value is -0.520. The molecule has 0 amide bonds. The van der Waals surface area contributed by atoms with Crippen LogP contribution >= 0.6 is 0 Å². The monoisotopic (exact) mass is 190 g/mol.